The Bertz CT molecular complexity index is 528. The maximum absolute atomic E-state index is 13.3. The number of carbonyl (C=O) groups excluding carboxylic acids is 1. The quantitative estimate of drug-likeness (QED) is 0.820. The van der Waals surface area contributed by atoms with Crippen LogP contribution < -0.4 is 0 Å². The molecule has 2 fully saturated rings. The van der Waals surface area contributed by atoms with Gasteiger partial charge in [-0.15, -0.1) is 0 Å². The van der Waals surface area contributed by atoms with Crippen LogP contribution in [0.25, 0.3) is 0 Å². The molecule has 1 atom stereocenters. The van der Waals surface area contributed by atoms with Gasteiger partial charge < -0.3 is 4.90 Å². The van der Waals surface area contributed by atoms with Gasteiger partial charge in [-0.2, -0.15) is 0 Å². The maximum Gasteiger partial charge on any atom is 0.230 e. The molecular weight excluding hydrogens is 258 g/mol. The van der Waals surface area contributed by atoms with E-state index in [4.69, 9.17) is 0 Å². The number of fused-ring (bicyclic) bond motifs is 1. The number of hydrogen-bond acceptors (Lipinski definition) is 1. The van der Waals surface area contributed by atoms with E-state index in [0.717, 1.165) is 19.3 Å². The molecule has 0 radical (unpaired) electrons. The Balaban J connectivity index is 1.61. The van der Waals surface area contributed by atoms with Crippen molar-refractivity contribution in [1.82, 2.24) is 4.90 Å². The van der Waals surface area contributed by atoms with E-state index in [0.29, 0.717) is 18.0 Å². The third kappa shape index (κ3) is 2.49. The van der Waals surface area contributed by atoms with Gasteiger partial charge in [-0.05, 0) is 56.1 Å². The highest BCUT2D eigenvalue weighted by atomic mass is 16.2. The Morgan fingerprint density at radius 1 is 0.905 bits per heavy atom. The molecule has 1 aromatic carbocycles. The first-order chi connectivity index (χ1) is 10.3. The topological polar surface area (TPSA) is 20.3 Å². The van der Waals surface area contributed by atoms with Crippen molar-refractivity contribution in [3.8, 4) is 0 Å². The van der Waals surface area contributed by atoms with Gasteiger partial charge in [0.15, 0.2) is 0 Å². The van der Waals surface area contributed by atoms with Gasteiger partial charge in [-0.3, -0.25) is 4.79 Å². The van der Waals surface area contributed by atoms with E-state index in [1.165, 1.54) is 49.7 Å². The molecule has 2 heteroatoms. The van der Waals surface area contributed by atoms with Crippen LogP contribution in [0.5, 0.6) is 0 Å². The molecule has 112 valence electrons. The van der Waals surface area contributed by atoms with Crippen molar-refractivity contribution in [3.05, 3.63) is 35.4 Å². The Labute approximate surface area is 127 Å². The van der Waals surface area contributed by atoms with Crippen molar-refractivity contribution in [1.29, 1.82) is 0 Å². The first kappa shape index (κ1) is 13.4. The summed E-state index contributed by atoms with van der Waals surface area (Å²) in [7, 11) is 0. The number of rotatable bonds is 3. The molecule has 0 heterocycles. The minimum Gasteiger partial charge on any atom is -0.336 e. The van der Waals surface area contributed by atoms with Crippen LogP contribution in [0, 0.1) is 0 Å². The molecule has 2 nitrogen and oxygen atoms in total. The molecule has 3 aliphatic carbocycles. The fraction of sp³-hybridized carbons (Fsp3) is 0.632. The van der Waals surface area contributed by atoms with Gasteiger partial charge in [0.2, 0.25) is 5.91 Å². The number of hydrogen-bond donors (Lipinski definition) is 0. The van der Waals surface area contributed by atoms with Crippen molar-refractivity contribution in [2.45, 2.75) is 75.8 Å². The van der Waals surface area contributed by atoms with Crippen LogP contribution >= 0.6 is 0 Å². The SMILES string of the molecule is O=C(C1CCCc2ccccc21)N(C1CCCC1)C1CC1. The van der Waals surface area contributed by atoms with Crippen LogP contribution in [0.4, 0.5) is 0 Å². The second kappa shape index (κ2) is 5.47. The summed E-state index contributed by atoms with van der Waals surface area (Å²) in [6.45, 7) is 0. The monoisotopic (exact) mass is 283 g/mol. The Hall–Kier alpha value is -1.31. The summed E-state index contributed by atoms with van der Waals surface area (Å²) in [6.07, 6.45) is 10.9. The lowest BCUT2D eigenvalue weighted by atomic mass is 9.82. The third-order valence-corrected chi connectivity index (χ3v) is 5.58. The van der Waals surface area contributed by atoms with E-state index in [1.807, 2.05) is 0 Å². The number of nitrogens with zero attached hydrogens (tertiary/aromatic N) is 1. The van der Waals surface area contributed by atoms with Crippen LogP contribution in [0.1, 0.15) is 68.4 Å². The lowest BCUT2D eigenvalue weighted by Crippen LogP contribution is -2.43. The average Bonchev–Trinajstić information content (AvgIpc) is 3.21. The number of amides is 1. The molecule has 21 heavy (non-hydrogen) atoms. The standard InChI is InChI=1S/C19H25NO/c21-19(20(16-12-13-16)15-8-2-3-9-15)18-11-5-7-14-6-1-4-10-17(14)18/h1,4,6,10,15-16,18H,2-3,5,7-9,11-13H2. The molecule has 0 saturated heterocycles. The van der Waals surface area contributed by atoms with E-state index in [9.17, 15) is 4.79 Å². The third-order valence-electron chi connectivity index (χ3n) is 5.58. The highest BCUT2D eigenvalue weighted by molar-refractivity contribution is 5.85. The van der Waals surface area contributed by atoms with Crippen molar-refractivity contribution in [2.24, 2.45) is 0 Å². The number of benzene rings is 1. The van der Waals surface area contributed by atoms with Crippen LogP contribution in [0.3, 0.4) is 0 Å². The second-order valence-corrected chi connectivity index (χ2v) is 7.06. The molecule has 1 amide bonds. The molecule has 0 aromatic heterocycles. The second-order valence-electron chi connectivity index (χ2n) is 7.06. The Morgan fingerprint density at radius 3 is 2.38 bits per heavy atom. The van der Waals surface area contributed by atoms with Crippen molar-refractivity contribution in [3.63, 3.8) is 0 Å². The molecule has 4 rings (SSSR count). The van der Waals surface area contributed by atoms with Gasteiger partial charge in [0.25, 0.3) is 0 Å². The summed E-state index contributed by atoms with van der Waals surface area (Å²) in [4.78, 5) is 15.6. The van der Waals surface area contributed by atoms with Gasteiger partial charge in [0.05, 0.1) is 5.92 Å². The molecular formula is C19H25NO. The van der Waals surface area contributed by atoms with Crippen LogP contribution in [-0.2, 0) is 11.2 Å². The highest BCUT2D eigenvalue weighted by Gasteiger charge is 2.41. The molecule has 0 spiro atoms. The summed E-state index contributed by atoms with van der Waals surface area (Å²) in [5, 5.41) is 0. The Morgan fingerprint density at radius 2 is 1.62 bits per heavy atom. The maximum atomic E-state index is 13.3. The largest absolute Gasteiger partial charge is 0.336 e. The van der Waals surface area contributed by atoms with Gasteiger partial charge in [0.1, 0.15) is 0 Å². The zero-order chi connectivity index (χ0) is 14.2. The number of carbonyl (C=O) groups is 1. The van der Waals surface area contributed by atoms with E-state index >= 15 is 0 Å². The van der Waals surface area contributed by atoms with Crippen molar-refractivity contribution < 1.29 is 4.79 Å². The molecule has 0 aliphatic heterocycles. The van der Waals surface area contributed by atoms with Gasteiger partial charge in [-0.1, -0.05) is 37.1 Å². The van der Waals surface area contributed by atoms with Gasteiger partial charge >= 0.3 is 0 Å². The lowest BCUT2D eigenvalue weighted by molar-refractivity contribution is -0.136. The smallest absolute Gasteiger partial charge is 0.230 e. The highest BCUT2D eigenvalue weighted by Crippen LogP contribution is 2.40. The van der Waals surface area contributed by atoms with Crippen LogP contribution in [0.2, 0.25) is 0 Å². The zero-order valence-corrected chi connectivity index (χ0v) is 12.8. The first-order valence-corrected chi connectivity index (χ1v) is 8.74. The summed E-state index contributed by atoms with van der Waals surface area (Å²) in [6, 6.07) is 9.72. The summed E-state index contributed by atoms with van der Waals surface area (Å²) in [5.74, 6) is 0.577. The first-order valence-electron chi connectivity index (χ1n) is 8.74. The summed E-state index contributed by atoms with van der Waals surface area (Å²) in [5.41, 5.74) is 2.72. The molecule has 1 unspecified atom stereocenters. The van der Waals surface area contributed by atoms with Crippen LogP contribution in [0.15, 0.2) is 24.3 Å². The van der Waals surface area contributed by atoms with E-state index in [1.54, 1.807) is 0 Å². The fourth-order valence-corrected chi connectivity index (χ4v) is 4.38. The molecule has 0 N–H and O–H groups in total. The number of aryl methyl sites for hydroxylation is 1. The minimum absolute atomic E-state index is 0.135. The summed E-state index contributed by atoms with van der Waals surface area (Å²) < 4.78 is 0. The van der Waals surface area contributed by atoms with Crippen LogP contribution in [-0.4, -0.2) is 22.9 Å². The zero-order valence-electron chi connectivity index (χ0n) is 12.8. The van der Waals surface area contributed by atoms with E-state index in [2.05, 4.69) is 29.2 Å². The average molecular weight is 283 g/mol. The minimum atomic E-state index is 0.135. The van der Waals surface area contributed by atoms with Gasteiger partial charge in [0, 0.05) is 12.1 Å². The Kier molecular flexibility index (Phi) is 3.48. The fourth-order valence-electron chi connectivity index (χ4n) is 4.38. The van der Waals surface area contributed by atoms with E-state index in [-0.39, 0.29) is 5.92 Å². The van der Waals surface area contributed by atoms with E-state index < -0.39 is 0 Å². The van der Waals surface area contributed by atoms with Crippen molar-refractivity contribution in [2.75, 3.05) is 0 Å². The van der Waals surface area contributed by atoms with Gasteiger partial charge in [-0.25, -0.2) is 0 Å². The van der Waals surface area contributed by atoms with Crippen molar-refractivity contribution >= 4 is 5.91 Å². The molecule has 1 aromatic rings. The predicted octanol–water partition coefficient (Wildman–Crippen LogP) is 4.04. The lowest BCUT2D eigenvalue weighted by Gasteiger charge is -2.35. The summed E-state index contributed by atoms with van der Waals surface area (Å²) >= 11 is 0. The predicted molar refractivity (Wildman–Crippen MR) is 84.2 cm³/mol. The molecule has 2 saturated carbocycles. The molecule has 3 aliphatic rings. The normalized spacial score (nSPS) is 25.6. The molecule has 0 bridgehead atoms.